The third-order valence-corrected chi connectivity index (χ3v) is 3.04. The molecule has 0 aliphatic heterocycles. The third-order valence-electron chi connectivity index (χ3n) is 2.11. The van der Waals surface area contributed by atoms with E-state index in [9.17, 15) is 22.0 Å². The molecule has 5 nitrogen and oxygen atoms in total. The van der Waals surface area contributed by atoms with Crippen molar-refractivity contribution in [3.63, 3.8) is 0 Å². The molecule has 0 aliphatic rings. The highest BCUT2D eigenvalue weighted by molar-refractivity contribution is 7.89. The van der Waals surface area contributed by atoms with E-state index in [1.54, 1.807) is 13.8 Å². The van der Waals surface area contributed by atoms with Crippen LogP contribution in [0.5, 0.6) is 0 Å². The van der Waals surface area contributed by atoms with Crippen molar-refractivity contribution >= 4 is 16.0 Å². The Bertz CT molecular complexity index is 599. The quantitative estimate of drug-likeness (QED) is 0.851. The number of nitrogens with two attached hydrogens (primary N) is 1. The van der Waals surface area contributed by atoms with Crippen molar-refractivity contribution in [2.24, 2.45) is 11.1 Å². The zero-order valence-electron chi connectivity index (χ0n) is 10.3. The Morgan fingerprint density at radius 3 is 2.42 bits per heavy atom. The van der Waals surface area contributed by atoms with Crippen LogP contribution in [0.4, 0.5) is 8.78 Å². The molecule has 0 bridgehead atoms. The highest BCUT2D eigenvalue weighted by Gasteiger charge is 2.26. The average Bonchev–Trinajstić information content (AvgIpc) is 2.24. The first-order chi connectivity index (χ1) is 8.64. The minimum atomic E-state index is -4.39. The Morgan fingerprint density at radius 2 is 1.95 bits per heavy atom. The van der Waals surface area contributed by atoms with Crippen LogP contribution in [0, 0.1) is 17.6 Å². The number of hydrogen-bond acceptors (Lipinski definition) is 4. The molecule has 0 heterocycles. The predicted molar refractivity (Wildman–Crippen MR) is 62.9 cm³/mol. The summed E-state index contributed by atoms with van der Waals surface area (Å²) in [6.07, 6.45) is 0. The standard InChI is InChI=1S/C11H13F2NO4S/c1-6(2)5-18-11(15)9-7(12)3-4-8(10(9)13)19(14,16)17/h3-4,6H,5H2,1-2H3,(H2,14,16,17). The van der Waals surface area contributed by atoms with Gasteiger partial charge in [-0.15, -0.1) is 0 Å². The Morgan fingerprint density at radius 1 is 1.37 bits per heavy atom. The van der Waals surface area contributed by atoms with Gasteiger partial charge in [-0.05, 0) is 18.1 Å². The van der Waals surface area contributed by atoms with Crippen molar-refractivity contribution in [3.05, 3.63) is 29.3 Å². The van der Waals surface area contributed by atoms with Crippen molar-refractivity contribution in [2.75, 3.05) is 6.61 Å². The molecule has 19 heavy (non-hydrogen) atoms. The lowest BCUT2D eigenvalue weighted by Gasteiger charge is -2.10. The van der Waals surface area contributed by atoms with Crippen LogP contribution in [0.25, 0.3) is 0 Å². The normalized spacial score (nSPS) is 11.7. The molecule has 106 valence electrons. The number of rotatable bonds is 4. The first kappa shape index (κ1) is 15.5. The molecule has 0 aromatic heterocycles. The Kier molecular flexibility index (Phi) is 4.59. The molecular formula is C11H13F2NO4S. The molecule has 1 rings (SSSR count). The minimum absolute atomic E-state index is 0.0310. The molecule has 0 saturated heterocycles. The summed E-state index contributed by atoms with van der Waals surface area (Å²) < 4.78 is 54.0. The summed E-state index contributed by atoms with van der Waals surface area (Å²) in [5.41, 5.74) is -1.06. The minimum Gasteiger partial charge on any atom is -0.462 e. The van der Waals surface area contributed by atoms with Gasteiger partial charge in [0.1, 0.15) is 16.3 Å². The van der Waals surface area contributed by atoms with Gasteiger partial charge in [0, 0.05) is 0 Å². The van der Waals surface area contributed by atoms with E-state index in [0.717, 1.165) is 0 Å². The monoisotopic (exact) mass is 293 g/mol. The van der Waals surface area contributed by atoms with Gasteiger partial charge in [0.2, 0.25) is 10.0 Å². The van der Waals surface area contributed by atoms with E-state index in [2.05, 4.69) is 4.74 Å². The molecule has 1 aromatic rings. The molecule has 2 N–H and O–H groups in total. The van der Waals surface area contributed by atoms with Gasteiger partial charge in [-0.1, -0.05) is 13.8 Å². The Labute approximate surface area is 109 Å². The molecular weight excluding hydrogens is 280 g/mol. The summed E-state index contributed by atoms with van der Waals surface area (Å²) in [4.78, 5) is 10.6. The number of carbonyl (C=O) groups excluding carboxylic acids is 1. The van der Waals surface area contributed by atoms with Crippen molar-refractivity contribution < 1.29 is 26.7 Å². The second-order valence-corrected chi connectivity index (χ2v) is 5.80. The van der Waals surface area contributed by atoms with Crippen LogP contribution >= 0.6 is 0 Å². The van der Waals surface area contributed by atoms with Crippen LogP contribution in [-0.4, -0.2) is 21.0 Å². The maximum Gasteiger partial charge on any atom is 0.344 e. The van der Waals surface area contributed by atoms with Crippen molar-refractivity contribution in [3.8, 4) is 0 Å². The van der Waals surface area contributed by atoms with E-state index in [-0.39, 0.29) is 12.5 Å². The van der Waals surface area contributed by atoms with Crippen LogP contribution in [-0.2, 0) is 14.8 Å². The zero-order chi connectivity index (χ0) is 14.8. The maximum atomic E-state index is 13.8. The average molecular weight is 293 g/mol. The van der Waals surface area contributed by atoms with E-state index < -0.39 is 38.1 Å². The first-order valence-corrected chi connectivity index (χ1v) is 6.87. The number of sulfonamides is 1. The van der Waals surface area contributed by atoms with Gasteiger partial charge < -0.3 is 4.74 Å². The Hall–Kier alpha value is -1.54. The SMILES string of the molecule is CC(C)COC(=O)c1c(F)ccc(S(N)(=O)=O)c1F. The zero-order valence-corrected chi connectivity index (χ0v) is 11.1. The summed E-state index contributed by atoms with van der Waals surface area (Å²) in [6, 6.07) is 1.30. The van der Waals surface area contributed by atoms with E-state index in [0.29, 0.717) is 12.1 Å². The van der Waals surface area contributed by atoms with Crippen LogP contribution in [0.15, 0.2) is 17.0 Å². The number of carbonyl (C=O) groups is 1. The fraction of sp³-hybridized carbons (Fsp3) is 0.364. The summed E-state index contributed by atoms with van der Waals surface area (Å²) in [5, 5.41) is 4.76. The lowest BCUT2D eigenvalue weighted by atomic mass is 10.2. The fourth-order valence-corrected chi connectivity index (χ4v) is 1.86. The van der Waals surface area contributed by atoms with E-state index in [4.69, 9.17) is 5.14 Å². The number of esters is 1. The molecule has 0 fully saturated rings. The lowest BCUT2D eigenvalue weighted by molar-refractivity contribution is 0.0447. The van der Waals surface area contributed by atoms with Gasteiger partial charge in [0.25, 0.3) is 0 Å². The highest BCUT2D eigenvalue weighted by Crippen LogP contribution is 2.21. The number of benzene rings is 1. The van der Waals surface area contributed by atoms with Gasteiger partial charge in [-0.2, -0.15) is 0 Å². The van der Waals surface area contributed by atoms with Crippen LogP contribution in [0.2, 0.25) is 0 Å². The first-order valence-electron chi connectivity index (χ1n) is 5.32. The molecule has 1 aromatic carbocycles. The molecule has 0 unspecified atom stereocenters. The van der Waals surface area contributed by atoms with E-state index in [1.807, 2.05) is 0 Å². The van der Waals surface area contributed by atoms with Gasteiger partial charge in [-0.25, -0.2) is 27.1 Å². The Balaban J connectivity index is 3.24. The number of ether oxygens (including phenoxy) is 1. The number of hydrogen-bond donors (Lipinski definition) is 1. The summed E-state index contributed by atoms with van der Waals surface area (Å²) in [5.74, 6) is -4.05. The third kappa shape index (κ3) is 3.71. The molecule has 0 aliphatic carbocycles. The molecule has 0 amide bonds. The number of primary sulfonamides is 1. The summed E-state index contributed by atoms with van der Waals surface area (Å²) >= 11 is 0. The van der Waals surface area contributed by atoms with Crippen molar-refractivity contribution in [2.45, 2.75) is 18.7 Å². The van der Waals surface area contributed by atoms with Crippen LogP contribution < -0.4 is 5.14 Å². The van der Waals surface area contributed by atoms with E-state index in [1.165, 1.54) is 0 Å². The fourth-order valence-electron chi connectivity index (χ4n) is 1.25. The van der Waals surface area contributed by atoms with Gasteiger partial charge in [-0.3, -0.25) is 0 Å². The summed E-state index contributed by atoms with van der Waals surface area (Å²) in [7, 11) is -4.39. The van der Waals surface area contributed by atoms with E-state index >= 15 is 0 Å². The van der Waals surface area contributed by atoms with Crippen molar-refractivity contribution in [1.82, 2.24) is 0 Å². The smallest absolute Gasteiger partial charge is 0.344 e. The van der Waals surface area contributed by atoms with Gasteiger partial charge in [0.05, 0.1) is 6.61 Å². The highest BCUT2D eigenvalue weighted by atomic mass is 32.2. The topological polar surface area (TPSA) is 86.5 Å². The van der Waals surface area contributed by atoms with Gasteiger partial charge in [0.15, 0.2) is 5.82 Å². The molecule has 0 saturated carbocycles. The summed E-state index contributed by atoms with van der Waals surface area (Å²) in [6.45, 7) is 3.43. The maximum absolute atomic E-state index is 13.8. The second kappa shape index (κ2) is 5.62. The molecule has 0 spiro atoms. The second-order valence-electron chi connectivity index (χ2n) is 4.27. The largest absolute Gasteiger partial charge is 0.462 e. The molecule has 0 atom stereocenters. The van der Waals surface area contributed by atoms with Gasteiger partial charge >= 0.3 is 5.97 Å². The molecule has 0 radical (unpaired) electrons. The van der Waals surface area contributed by atoms with Crippen molar-refractivity contribution in [1.29, 1.82) is 0 Å². The molecule has 8 heteroatoms. The lowest BCUT2D eigenvalue weighted by Crippen LogP contribution is -2.19. The van der Waals surface area contributed by atoms with Crippen LogP contribution in [0.1, 0.15) is 24.2 Å². The predicted octanol–water partition coefficient (Wildman–Crippen LogP) is 1.43. The van der Waals surface area contributed by atoms with Crippen LogP contribution in [0.3, 0.4) is 0 Å². The number of halogens is 2.